The predicted octanol–water partition coefficient (Wildman–Crippen LogP) is 3.74. The average Bonchev–Trinajstić information content (AvgIpc) is 3.26. The Hall–Kier alpha value is -2.71. The first-order valence-electron chi connectivity index (χ1n) is 11.9. The first-order chi connectivity index (χ1) is 16.0. The molecule has 0 atom stereocenters. The Morgan fingerprint density at radius 1 is 0.971 bits per heavy atom. The molecule has 0 saturated carbocycles. The van der Waals surface area contributed by atoms with Gasteiger partial charge in [-0.2, -0.15) is 4.31 Å². The van der Waals surface area contributed by atoms with Crippen LogP contribution in [0.25, 0.3) is 0 Å². The Bertz CT molecular complexity index is 1190. The van der Waals surface area contributed by atoms with Crippen LogP contribution < -0.4 is 10.6 Å². The summed E-state index contributed by atoms with van der Waals surface area (Å²) in [5, 5.41) is 5.81. The highest BCUT2D eigenvalue weighted by atomic mass is 32.2. The summed E-state index contributed by atoms with van der Waals surface area (Å²) in [6.07, 6.45) is 3.88. The van der Waals surface area contributed by atoms with Gasteiger partial charge in [0.2, 0.25) is 15.9 Å². The van der Waals surface area contributed by atoms with Gasteiger partial charge in [0.05, 0.1) is 16.1 Å². The van der Waals surface area contributed by atoms with E-state index < -0.39 is 15.6 Å². The lowest BCUT2D eigenvalue weighted by atomic mass is 9.97. The maximum Gasteiger partial charge on any atom is 0.253 e. The van der Waals surface area contributed by atoms with Gasteiger partial charge in [0, 0.05) is 24.5 Å². The zero-order chi connectivity index (χ0) is 24.5. The smallest absolute Gasteiger partial charge is 0.253 e. The number of hydrogen-bond acceptors (Lipinski definition) is 4. The average molecular weight is 484 g/mol. The number of benzene rings is 2. The second kappa shape index (κ2) is 9.50. The molecule has 0 spiro atoms. The fraction of sp³-hybridized carbons (Fsp3) is 0.462. The van der Waals surface area contributed by atoms with Gasteiger partial charge in [-0.25, -0.2) is 8.42 Å². The molecule has 2 aliphatic rings. The van der Waals surface area contributed by atoms with Gasteiger partial charge in [-0.15, -0.1) is 0 Å². The highest BCUT2D eigenvalue weighted by Gasteiger charge is 2.33. The van der Waals surface area contributed by atoms with Crippen LogP contribution in [0.5, 0.6) is 0 Å². The van der Waals surface area contributed by atoms with Gasteiger partial charge >= 0.3 is 0 Å². The number of fused-ring (bicyclic) bond motifs is 1. The Balaban J connectivity index is 1.40. The molecule has 1 fully saturated rings. The van der Waals surface area contributed by atoms with Gasteiger partial charge in [-0.05, 0) is 88.3 Å². The maximum atomic E-state index is 13.2. The summed E-state index contributed by atoms with van der Waals surface area (Å²) >= 11 is 0. The molecule has 2 aromatic carbocycles. The van der Waals surface area contributed by atoms with E-state index in [0.29, 0.717) is 42.1 Å². The highest BCUT2D eigenvalue weighted by molar-refractivity contribution is 7.89. The molecule has 1 heterocycles. The third-order valence-corrected chi connectivity index (χ3v) is 8.35. The molecule has 0 bridgehead atoms. The molecule has 1 aliphatic carbocycles. The largest absolute Gasteiger partial charge is 0.347 e. The van der Waals surface area contributed by atoms with Crippen molar-refractivity contribution in [1.29, 1.82) is 0 Å². The van der Waals surface area contributed by atoms with E-state index in [1.807, 2.05) is 32.9 Å². The van der Waals surface area contributed by atoms with E-state index in [1.165, 1.54) is 9.87 Å². The highest BCUT2D eigenvalue weighted by Crippen LogP contribution is 2.29. The monoisotopic (exact) mass is 483 g/mol. The molecule has 0 aromatic heterocycles. The van der Waals surface area contributed by atoms with Crippen molar-refractivity contribution in [1.82, 2.24) is 9.62 Å². The normalized spacial score (nSPS) is 17.3. The van der Waals surface area contributed by atoms with Crippen molar-refractivity contribution in [2.45, 2.75) is 63.3 Å². The van der Waals surface area contributed by atoms with Crippen LogP contribution in [-0.4, -0.2) is 43.2 Å². The number of carbonyl (C=O) groups excluding carboxylic acids is 2. The van der Waals surface area contributed by atoms with Crippen molar-refractivity contribution in [3.05, 3.63) is 59.2 Å². The first kappa shape index (κ1) is 24.4. The minimum absolute atomic E-state index is 0.189. The lowest BCUT2D eigenvalue weighted by Gasteiger charge is -2.31. The van der Waals surface area contributed by atoms with Gasteiger partial charge < -0.3 is 10.6 Å². The number of amides is 2. The zero-order valence-electron chi connectivity index (χ0n) is 20.1. The van der Waals surface area contributed by atoms with Crippen LogP contribution in [0.4, 0.5) is 5.69 Å². The number of para-hydroxylation sites is 1. The van der Waals surface area contributed by atoms with Crippen LogP contribution in [0.3, 0.4) is 0 Å². The van der Waals surface area contributed by atoms with Crippen molar-refractivity contribution in [2.24, 2.45) is 5.92 Å². The lowest BCUT2D eigenvalue weighted by molar-refractivity contribution is -0.120. The zero-order valence-corrected chi connectivity index (χ0v) is 20.9. The molecular formula is C26H33N3O4S. The molecule has 7 nitrogen and oxygen atoms in total. The van der Waals surface area contributed by atoms with E-state index in [1.54, 1.807) is 30.3 Å². The molecule has 0 radical (unpaired) electrons. The standard InChI is InChI=1S/C26H33N3O4S/c1-26(2,3)28-25(31)22-9-4-5-10-23(22)27-24(30)19-13-15-29(16-14-19)34(32,33)21-12-11-18-7-6-8-20(18)17-21/h4-5,9-12,17,19H,6-8,13-16H2,1-3H3,(H,27,30)(H,28,31). The maximum absolute atomic E-state index is 13.2. The number of piperidine rings is 1. The lowest BCUT2D eigenvalue weighted by Crippen LogP contribution is -2.42. The van der Waals surface area contributed by atoms with E-state index in [9.17, 15) is 18.0 Å². The van der Waals surface area contributed by atoms with Crippen molar-refractivity contribution in [3.8, 4) is 0 Å². The second-order valence-corrected chi connectivity index (χ2v) is 12.1. The van der Waals surface area contributed by atoms with Crippen LogP contribution in [0.1, 0.15) is 61.5 Å². The van der Waals surface area contributed by atoms with E-state index >= 15 is 0 Å². The first-order valence-corrected chi connectivity index (χ1v) is 13.3. The van der Waals surface area contributed by atoms with Crippen molar-refractivity contribution >= 4 is 27.5 Å². The van der Waals surface area contributed by atoms with Crippen LogP contribution in [0.2, 0.25) is 0 Å². The summed E-state index contributed by atoms with van der Waals surface area (Å²) in [5.41, 5.74) is 2.84. The summed E-state index contributed by atoms with van der Waals surface area (Å²) in [6, 6.07) is 12.4. The molecule has 8 heteroatoms. The number of aryl methyl sites for hydroxylation is 2. The predicted molar refractivity (Wildman–Crippen MR) is 132 cm³/mol. The van der Waals surface area contributed by atoms with Crippen molar-refractivity contribution < 1.29 is 18.0 Å². The Kier molecular flexibility index (Phi) is 6.82. The van der Waals surface area contributed by atoms with Gasteiger partial charge in [0.1, 0.15) is 0 Å². The molecule has 1 aliphatic heterocycles. The summed E-state index contributed by atoms with van der Waals surface area (Å²) in [5.74, 6) is -0.755. The van der Waals surface area contributed by atoms with E-state index in [-0.39, 0.29) is 17.7 Å². The van der Waals surface area contributed by atoms with Crippen LogP contribution in [0, 0.1) is 5.92 Å². The number of anilines is 1. The van der Waals surface area contributed by atoms with Gasteiger partial charge in [-0.3, -0.25) is 9.59 Å². The Morgan fingerprint density at radius 3 is 2.35 bits per heavy atom. The summed E-state index contributed by atoms with van der Waals surface area (Å²) in [4.78, 5) is 26.0. The van der Waals surface area contributed by atoms with E-state index in [4.69, 9.17) is 0 Å². The SMILES string of the molecule is CC(C)(C)NC(=O)c1ccccc1NC(=O)C1CCN(S(=O)(=O)c2ccc3c(c2)CCC3)CC1. The summed E-state index contributed by atoms with van der Waals surface area (Å²) in [6.45, 7) is 6.29. The molecule has 2 N–H and O–H groups in total. The third-order valence-electron chi connectivity index (χ3n) is 6.45. The van der Waals surface area contributed by atoms with Gasteiger partial charge in [0.25, 0.3) is 5.91 Å². The van der Waals surface area contributed by atoms with Crippen LogP contribution in [0.15, 0.2) is 47.4 Å². The van der Waals surface area contributed by atoms with Gasteiger partial charge in [0.15, 0.2) is 0 Å². The van der Waals surface area contributed by atoms with E-state index in [2.05, 4.69) is 10.6 Å². The minimum Gasteiger partial charge on any atom is -0.347 e. The number of rotatable bonds is 5. The van der Waals surface area contributed by atoms with Crippen LogP contribution >= 0.6 is 0 Å². The number of carbonyl (C=O) groups is 2. The fourth-order valence-corrected chi connectivity index (χ4v) is 6.17. The molecule has 2 aromatic rings. The number of nitrogens with zero attached hydrogens (tertiary/aromatic N) is 1. The molecule has 2 amide bonds. The molecule has 0 unspecified atom stereocenters. The topological polar surface area (TPSA) is 95.6 Å². The molecule has 182 valence electrons. The third kappa shape index (κ3) is 5.33. The summed E-state index contributed by atoms with van der Waals surface area (Å²) < 4.78 is 27.8. The van der Waals surface area contributed by atoms with Gasteiger partial charge in [-0.1, -0.05) is 18.2 Å². The Morgan fingerprint density at radius 2 is 1.65 bits per heavy atom. The fourth-order valence-electron chi connectivity index (χ4n) is 4.65. The van der Waals surface area contributed by atoms with E-state index in [0.717, 1.165) is 24.8 Å². The van der Waals surface area contributed by atoms with Crippen molar-refractivity contribution in [3.63, 3.8) is 0 Å². The molecule has 4 rings (SSSR count). The number of sulfonamides is 1. The number of nitrogens with one attached hydrogen (secondary N) is 2. The second-order valence-electron chi connectivity index (χ2n) is 10.2. The summed E-state index contributed by atoms with van der Waals surface area (Å²) in [7, 11) is -3.58. The van der Waals surface area contributed by atoms with Crippen LogP contribution in [-0.2, 0) is 27.7 Å². The molecular weight excluding hydrogens is 450 g/mol. The number of hydrogen-bond donors (Lipinski definition) is 2. The quantitative estimate of drug-likeness (QED) is 0.677. The Labute approximate surface area is 202 Å². The van der Waals surface area contributed by atoms with Crippen molar-refractivity contribution in [2.75, 3.05) is 18.4 Å². The minimum atomic E-state index is -3.58. The molecule has 34 heavy (non-hydrogen) atoms. The molecule has 1 saturated heterocycles.